The van der Waals surface area contributed by atoms with Crippen molar-refractivity contribution in [3.8, 4) is 16.3 Å². The average Bonchev–Trinajstić information content (AvgIpc) is 3.23. The van der Waals surface area contributed by atoms with E-state index in [1.165, 1.54) is 0 Å². The Morgan fingerprint density at radius 1 is 1.27 bits per heavy atom. The Hall–Kier alpha value is -2.24. The van der Waals surface area contributed by atoms with Crippen molar-refractivity contribution in [3.63, 3.8) is 0 Å². The second kappa shape index (κ2) is 6.68. The lowest BCUT2D eigenvalue weighted by atomic mass is 10.1. The molecule has 0 radical (unpaired) electrons. The summed E-state index contributed by atoms with van der Waals surface area (Å²) in [5, 5.41) is 7.00. The summed E-state index contributed by atoms with van der Waals surface area (Å²) in [7, 11) is 1.58. The summed E-state index contributed by atoms with van der Waals surface area (Å²) in [4.78, 5) is 16.7. The highest BCUT2D eigenvalue weighted by Gasteiger charge is 2.05. The fraction of sp³-hybridized carbons (Fsp3) is 0.0588. The van der Waals surface area contributed by atoms with Crippen LogP contribution in [0.4, 0.5) is 0 Å². The summed E-state index contributed by atoms with van der Waals surface area (Å²) in [5.41, 5.74) is 2.51. The van der Waals surface area contributed by atoms with Crippen molar-refractivity contribution in [3.05, 3.63) is 63.8 Å². The van der Waals surface area contributed by atoms with Crippen LogP contribution in [0.5, 0.6) is 5.75 Å². The highest BCUT2D eigenvalue weighted by molar-refractivity contribution is 7.14. The lowest BCUT2D eigenvalue weighted by molar-refractivity contribution is 0.104. The van der Waals surface area contributed by atoms with Gasteiger partial charge in [0.25, 0.3) is 0 Å². The molecule has 2 aromatic heterocycles. The van der Waals surface area contributed by atoms with Gasteiger partial charge in [-0.15, -0.1) is 11.3 Å². The Labute approximate surface area is 136 Å². The molecule has 2 heterocycles. The highest BCUT2D eigenvalue weighted by Crippen LogP contribution is 2.26. The van der Waals surface area contributed by atoms with E-state index in [1.54, 1.807) is 60.1 Å². The minimum Gasteiger partial charge on any atom is -0.497 e. The molecule has 0 amide bonds. The second-order valence-electron chi connectivity index (χ2n) is 4.52. The molecular formula is C17H13NO2S2. The number of hydrogen-bond acceptors (Lipinski definition) is 5. The number of aromatic nitrogens is 1. The highest BCUT2D eigenvalue weighted by atomic mass is 32.1. The van der Waals surface area contributed by atoms with Crippen LogP contribution in [0.3, 0.4) is 0 Å². The van der Waals surface area contributed by atoms with Crippen molar-refractivity contribution >= 4 is 34.5 Å². The van der Waals surface area contributed by atoms with E-state index in [0.29, 0.717) is 11.3 Å². The molecule has 1 aromatic carbocycles. The standard InChI is InChI=1S/C17H13NO2S2/c1-20-15-4-2-3-12(9-15)16(19)6-5-14-11-22-17(18-14)13-7-8-21-10-13/h2-11H,1H3/b6-5+. The van der Waals surface area contributed by atoms with Gasteiger partial charge >= 0.3 is 0 Å². The number of allylic oxidation sites excluding steroid dienone is 1. The smallest absolute Gasteiger partial charge is 0.186 e. The van der Waals surface area contributed by atoms with Gasteiger partial charge in [-0.25, -0.2) is 4.98 Å². The van der Waals surface area contributed by atoms with Gasteiger partial charge < -0.3 is 4.74 Å². The summed E-state index contributed by atoms with van der Waals surface area (Å²) in [6.07, 6.45) is 3.29. The molecule has 0 bridgehead atoms. The first-order valence-corrected chi connectivity index (χ1v) is 8.43. The zero-order valence-corrected chi connectivity index (χ0v) is 13.5. The van der Waals surface area contributed by atoms with Crippen LogP contribution in [0.2, 0.25) is 0 Å². The van der Waals surface area contributed by atoms with E-state index in [-0.39, 0.29) is 5.78 Å². The number of nitrogens with zero attached hydrogens (tertiary/aromatic N) is 1. The zero-order valence-electron chi connectivity index (χ0n) is 11.9. The molecular weight excluding hydrogens is 314 g/mol. The molecule has 0 fully saturated rings. The van der Waals surface area contributed by atoms with E-state index in [1.807, 2.05) is 22.9 Å². The molecule has 0 unspecified atom stereocenters. The molecule has 0 aliphatic heterocycles. The van der Waals surface area contributed by atoms with Gasteiger partial charge in [-0.1, -0.05) is 12.1 Å². The third-order valence-electron chi connectivity index (χ3n) is 3.05. The summed E-state index contributed by atoms with van der Waals surface area (Å²) >= 11 is 3.22. The number of carbonyl (C=O) groups excluding carboxylic acids is 1. The first kappa shape index (κ1) is 14.7. The van der Waals surface area contributed by atoms with Gasteiger partial charge in [-0.2, -0.15) is 11.3 Å². The third kappa shape index (κ3) is 3.32. The van der Waals surface area contributed by atoms with Gasteiger partial charge in [0.05, 0.1) is 12.8 Å². The first-order valence-electron chi connectivity index (χ1n) is 6.61. The van der Waals surface area contributed by atoms with Gasteiger partial charge in [0.15, 0.2) is 5.78 Å². The second-order valence-corrected chi connectivity index (χ2v) is 6.16. The molecule has 22 heavy (non-hydrogen) atoms. The Balaban J connectivity index is 1.75. The fourth-order valence-electron chi connectivity index (χ4n) is 1.92. The average molecular weight is 327 g/mol. The van der Waals surface area contributed by atoms with E-state index >= 15 is 0 Å². The molecule has 0 saturated carbocycles. The van der Waals surface area contributed by atoms with Gasteiger partial charge in [0, 0.05) is 21.9 Å². The zero-order chi connectivity index (χ0) is 15.4. The topological polar surface area (TPSA) is 39.2 Å². The van der Waals surface area contributed by atoms with Crippen molar-refractivity contribution in [2.75, 3.05) is 7.11 Å². The van der Waals surface area contributed by atoms with Gasteiger partial charge in [-0.3, -0.25) is 4.79 Å². The van der Waals surface area contributed by atoms with E-state index in [2.05, 4.69) is 10.4 Å². The summed E-state index contributed by atoms with van der Waals surface area (Å²) in [6.45, 7) is 0. The normalized spacial score (nSPS) is 11.0. The molecule has 0 atom stereocenters. The lowest BCUT2D eigenvalue weighted by Gasteiger charge is -2.00. The maximum absolute atomic E-state index is 12.2. The van der Waals surface area contributed by atoms with Gasteiger partial charge in [-0.05, 0) is 35.7 Å². The van der Waals surface area contributed by atoms with Crippen LogP contribution in [-0.2, 0) is 0 Å². The fourth-order valence-corrected chi connectivity index (χ4v) is 3.42. The quantitative estimate of drug-likeness (QED) is 0.500. The van der Waals surface area contributed by atoms with E-state index in [4.69, 9.17) is 4.74 Å². The molecule has 5 heteroatoms. The number of thiophene rings is 1. The maximum atomic E-state index is 12.2. The Bertz CT molecular complexity index is 804. The number of benzene rings is 1. The van der Waals surface area contributed by atoms with Gasteiger partial charge in [0.1, 0.15) is 10.8 Å². The Kier molecular flexibility index (Phi) is 4.46. The predicted octanol–water partition coefficient (Wildman–Crippen LogP) is 4.78. The molecule has 3 rings (SSSR count). The molecule has 3 aromatic rings. The van der Waals surface area contributed by atoms with E-state index in [9.17, 15) is 4.79 Å². The molecule has 3 nitrogen and oxygen atoms in total. The van der Waals surface area contributed by atoms with Crippen LogP contribution < -0.4 is 4.74 Å². The number of thiazole rings is 1. The van der Waals surface area contributed by atoms with Crippen molar-refractivity contribution in [1.29, 1.82) is 0 Å². The van der Waals surface area contributed by atoms with Crippen LogP contribution >= 0.6 is 22.7 Å². The van der Waals surface area contributed by atoms with Crippen LogP contribution in [0.15, 0.2) is 52.5 Å². The molecule has 0 aliphatic carbocycles. The molecule has 0 saturated heterocycles. The number of ketones is 1. The monoisotopic (exact) mass is 327 g/mol. The van der Waals surface area contributed by atoms with Crippen molar-refractivity contribution < 1.29 is 9.53 Å². The predicted molar refractivity (Wildman–Crippen MR) is 91.8 cm³/mol. The Morgan fingerprint density at radius 3 is 2.95 bits per heavy atom. The van der Waals surface area contributed by atoms with E-state index < -0.39 is 0 Å². The van der Waals surface area contributed by atoms with Crippen molar-refractivity contribution in [1.82, 2.24) is 4.98 Å². The molecule has 0 N–H and O–H groups in total. The third-order valence-corrected chi connectivity index (χ3v) is 4.64. The van der Waals surface area contributed by atoms with Crippen molar-refractivity contribution in [2.45, 2.75) is 0 Å². The van der Waals surface area contributed by atoms with Crippen LogP contribution in [-0.4, -0.2) is 17.9 Å². The Morgan fingerprint density at radius 2 is 2.18 bits per heavy atom. The van der Waals surface area contributed by atoms with Crippen LogP contribution in [0.1, 0.15) is 16.1 Å². The number of carbonyl (C=O) groups is 1. The summed E-state index contributed by atoms with van der Waals surface area (Å²) in [5.74, 6) is 0.608. The molecule has 0 spiro atoms. The van der Waals surface area contributed by atoms with Crippen molar-refractivity contribution in [2.24, 2.45) is 0 Å². The van der Waals surface area contributed by atoms with Gasteiger partial charge in [0.2, 0.25) is 0 Å². The minimum absolute atomic E-state index is 0.0658. The maximum Gasteiger partial charge on any atom is 0.186 e. The summed E-state index contributed by atoms with van der Waals surface area (Å²) < 4.78 is 5.13. The first-order chi connectivity index (χ1) is 10.8. The number of ether oxygens (including phenoxy) is 1. The molecule has 110 valence electrons. The number of hydrogen-bond donors (Lipinski definition) is 0. The van der Waals surface area contributed by atoms with E-state index in [0.717, 1.165) is 16.3 Å². The van der Waals surface area contributed by atoms with Crippen LogP contribution in [0, 0.1) is 0 Å². The lowest BCUT2D eigenvalue weighted by Crippen LogP contribution is -1.94. The summed E-state index contributed by atoms with van der Waals surface area (Å²) in [6, 6.07) is 9.15. The largest absolute Gasteiger partial charge is 0.497 e. The van der Waals surface area contributed by atoms with Crippen LogP contribution in [0.25, 0.3) is 16.6 Å². The number of rotatable bonds is 5. The minimum atomic E-state index is -0.0658. The molecule has 0 aliphatic rings. The number of methoxy groups -OCH3 is 1. The SMILES string of the molecule is COc1cccc(C(=O)/C=C/c2csc(-c3ccsc3)n2)c1.